The van der Waals surface area contributed by atoms with Crippen molar-refractivity contribution in [2.45, 2.75) is 49.8 Å². The van der Waals surface area contributed by atoms with Gasteiger partial charge in [0.1, 0.15) is 5.75 Å². The standard InChI is InChI=1S/C25H29ClN2O4S/c26-22-17-21(33(30,31)28-16-6-10-20-9-4-5-11-23(20)28)12-13-24(22)32-18-25(29)27-15-14-19-7-2-1-3-8-19/h4-5,7,9,11-13,17H,1-3,6,8,10,14-16,18H2,(H,27,29). The summed E-state index contributed by atoms with van der Waals surface area (Å²) in [6.07, 6.45) is 9.45. The Bertz CT molecular complexity index is 1150. The highest BCUT2D eigenvalue weighted by Gasteiger charge is 2.29. The second kappa shape index (κ2) is 10.6. The minimum atomic E-state index is -3.76. The number of aryl methyl sites for hydroxylation is 1. The second-order valence-corrected chi connectivity index (χ2v) is 10.7. The summed E-state index contributed by atoms with van der Waals surface area (Å²) in [6, 6.07) is 11.9. The van der Waals surface area contributed by atoms with E-state index in [1.807, 2.05) is 24.3 Å². The van der Waals surface area contributed by atoms with Gasteiger partial charge in [0.15, 0.2) is 6.61 Å². The Morgan fingerprint density at radius 1 is 1.09 bits per heavy atom. The molecule has 0 bridgehead atoms. The van der Waals surface area contributed by atoms with E-state index in [1.165, 1.54) is 40.9 Å². The third-order valence-corrected chi connectivity index (χ3v) is 8.18. The van der Waals surface area contributed by atoms with Crippen molar-refractivity contribution in [2.24, 2.45) is 0 Å². The molecular weight excluding hydrogens is 460 g/mol. The number of hydrogen-bond donors (Lipinski definition) is 1. The topological polar surface area (TPSA) is 75.7 Å². The minimum Gasteiger partial charge on any atom is -0.482 e. The number of nitrogens with one attached hydrogen (secondary N) is 1. The van der Waals surface area contributed by atoms with Crippen LogP contribution in [-0.4, -0.2) is 34.0 Å². The molecule has 6 nitrogen and oxygen atoms in total. The lowest BCUT2D eigenvalue weighted by Gasteiger charge is -2.30. The van der Waals surface area contributed by atoms with Crippen molar-refractivity contribution >= 4 is 33.2 Å². The molecule has 0 unspecified atom stereocenters. The Morgan fingerprint density at radius 3 is 2.73 bits per heavy atom. The van der Waals surface area contributed by atoms with E-state index >= 15 is 0 Å². The number of fused-ring (bicyclic) bond motifs is 1. The normalized spacial score (nSPS) is 16.0. The van der Waals surface area contributed by atoms with Crippen molar-refractivity contribution in [3.8, 4) is 5.75 Å². The molecule has 0 spiro atoms. The number of nitrogens with zero attached hydrogens (tertiary/aromatic N) is 1. The van der Waals surface area contributed by atoms with Gasteiger partial charge in [-0.15, -0.1) is 0 Å². The largest absolute Gasteiger partial charge is 0.482 e. The van der Waals surface area contributed by atoms with Crippen LogP contribution < -0.4 is 14.4 Å². The van der Waals surface area contributed by atoms with E-state index in [0.717, 1.165) is 37.7 Å². The van der Waals surface area contributed by atoms with Crippen molar-refractivity contribution < 1.29 is 17.9 Å². The van der Waals surface area contributed by atoms with Crippen LogP contribution in [0.5, 0.6) is 5.75 Å². The summed E-state index contributed by atoms with van der Waals surface area (Å²) in [7, 11) is -3.76. The van der Waals surface area contributed by atoms with Gasteiger partial charge < -0.3 is 10.1 Å². The number of amides is 1. The zero-order valence-corrected chi connectivity index (χ0v) is 20.1. The van der Waals surface area contributed by atoms with E-state index in [4.69, 9.17) is 16.3 Å². The van der Waals surface area contributed by atoms with Crippen LogP contribution in [0.15, 0.2) is 59.0 Å². The molecule has 2 aliphatic rings. The molecule has 1 aliphatic carbocycles. The Labute approximate surface area is 200 Å². The van der Waals surface area contributed by atoms with E-state index in [1.54, 1.807) is 0 Å². The Kier molecular flexibility index (Phi) is 7.60. The number of hydrogen-bond acceptors (Lipinski definition) is 4. The van der Waals surface area contributed by atoms with Gasteiger partial charge >= 0.3 is 0 Å². The summed E-state index contributed by atoms with van der Waals surface area (Å²) in [6.45, 7) is 0.826. The third kappa shape index (κ3) is 5.71. The number of anilines is 1. The lowest BCUT2D eigenvalue weighted by molar-refractivity contribution is -0.123. The number of rotatable bonds is 8. The van der Waals surface area contributed by atoms with Gasteiger partial charge in [-0.25, -0.2) is 8.42 Å². The molecule has 1 heterocycles. The number of sulfonamides is 1. The maximum Gasteiger partial charge on any atom is 0.264 e. The first kappa shape index (κ1) is 23.6. The van der Waals surface area contributed by atoms with E-state index in [0.29, 0.717) is 18.8 Å². The van der Waals surface area contributed by atoms with Gasteiger partial charge in [0.25, 0.3) is 15.9 Å². The summed E-state index contributed by atoms with van der Waals surface area (Å²) in [5.74, 6) is 0.0453. The van der Waals surface area contributed by atoms with Gasteiger partial charge in [0.05, 0.1) is 15.6 Å². The van der Waals surface area contributed by atoms with Gasteiger partial charge in [-0.3, -0.25) is 9.10 Å². The van der Waals surface area contributed by atoms with Crippen molar-refractivity contribution in [2.75, 3.05) is 24.0 Å². The molecule has 1 aliphatic heterocycles. The first-order chi connectivity index (χ1) is 15.9. The fourth-order valence-corrected chi connectivity index (χ4v) is 6.19. The molecular formula is C25H29ClN2O4S. The number of carbonyl (C=O) groups excluding carboxylic acids is 1. The van der Waals surface area contributed by atoms with Crippen molar-refractivity contribution in [3.05, 3.63) is 64.7 Å². The minimum absolute atomic E-state index is 0.0989. The first-order valence-corrected chi connectivity index (χ1v) is 13.2. The average molecular weight is 489 g/mol. The van der Waals surface area contributed by atoms with E-state index in [2.05, 4.69) is 11.4 Å². The molecule has 2 aromatic rings. The van der Waals surface area contributed by atoms with Gasteiger partial charge in [-0.05, 0) is 74.8 Å². The van der Waals surface area contributed by atoms with Gasteiger partial charge in [0, 0.05) is 13.1 Å². The molecule has 33 heavy (non-hydrogen) atoms. The molecule has 0 fully saturated rings. The molecule has 0 saturated heterocycles. The third-order valence-electron chi connectivity index (χ3n) is 6.07. The van der Waals surface area contributed by atoms with Crippen molar-refractivity contribution in [1.29, 1.82) is 0 Å². The quantitative estimate of drug-likeness (QED) is 0.538. The summed E-state index contributed by atoms with van der Waals surface area (Å²) < 4.78 is 33.6. The van der Waals surface area contributed by atoms with Crippen LogP contribution in [0.1, 0.15) is 44.1 Å². The fraction of sp³-hybridized carbons (Fsp3) is 0.400. The van der Waals surface area contributed by atoms with E-state index < -0.39 is 10.0 Å². The van der Waals surface area contributed by atoms with E-state index in [-0.39, 0.29) is 28.2 Å². The monoisotopic (exact) mass is 488 g/mol. The molecule has 0 aromatic heterocycles. The van der Waals surface area contributed by atoms with E-state index in [9.17, 15) is 13.2 Å². The summed E-state index contributed by atoms with van der Waals surface area (Å²) in [4.78, 5) is 12.2. The maximum atomic E-state index is 13.3. The number of para-hydroxylation sites is 1. The highest BCUT2D eigenvalue weighted by molar-refractivity contribution is 7.92. The first-order valence-electron chi connectivity index (χ1n) is 11.4. The molecule has 8 heteroatoms. The van der Waals surface area contributed by atoms with Crippen molar-refractivity contribution in [3.63, 3.8) is 0 Å². The highest BCUT2D eigenvalue weighted by atomic mass is 35.5. The predicted molar refractivity (Wildman–Crippen MR) is 130 cm³/mol. The summed E-state index contributed by atoms with van der Waals surface area (Å²) >= 11 is 6.32. The average Bonchev–Trinajstić information content (AvgIpc) is 2.83. The Morgan fingerprint density at radius 2 is 1.94 bits per heavy atom. The second-order valence-electron chi connectivity index (χ2n) is 8.40. The number of allylic oxidation sites excluding steroid dienone is 1. The number of ether oxygens (including phenoxy) is 1. The summed E-state index contributed by atoms with van der Waals surface area (Å²) in [5, 5.41) is 3.01. The molecule has 176 valence electrons. The lowest BCUT2D eigenvalue weighted by Crippen LogP contribution is -2.35. The number of halogens is 1. The molecule has 2 aromatic carbocycles. The molecule has 0 atom stereocenters. The molecule has 4 rings (SSSR count). The highest BCUT2D eigenvalue weighted by Crippen LogP contribution is 2.34. The summed E-state index contributed by atoms with van der Waals surface area (Å²) in [5.41, 5.74) is 3.13. The zero-order valence-electron chi connectivity index (χ0n) is 18.6. The smallest absolute Gasteiger partial charge is 0.264 e. The van der Waals surface area contributed by atoms with Crippen LogP contribution in [0.3, 0.4) is 0 Å². The predicted octanol–water partition coefficient (Wildman–Crippen LogP) is 4.87. The number of benzene rings is 2. The van der Waals surface area contributed by atoms with Crippen LogP contribution in [0.4, 0.5) is 5.69 Å². The number of carbonyl (C=O) groups is 1. The molecule has 0 radical (unpaired) electrons. The Hall–Kier alpha value is -2.51. The van der Waals surface area contributed by atoms with Crippen LogP contribution in [0.25, 0.3) is 0 Å². The van der Waals surface area contributed by atoms with Crippen LogP contribution in [-0.2, 0) is 21.2 Å². The molecule has 1 N–H and O–H groups in total. The Balaban J connectivity index is 1.36. The molecule has 0 saturated carbocycles. The zero-order chi connectivity index (χ0) is 23.3. The van der Waals surface area contributed by atoms with Crippen LogP contribution in [0.2, 0.25) is 5.02 Å². The maximum absolute atomic E-state index is 13.3. The van der Waals surface area contributed by atoms with Gasteiger partial charge in [0.2, 0.25) is 0 Å². The van der Waals surface area contributed by atoms with Gasteiger partial charge in [-0.2, -0.15) is 0 Å². The fourth-order valence-electron chi connectivity index (χ4n) is 4.32. The lowest BCUT2D eigenvalue weighted by atomic mass is 9.97. The molecule has 1 amide bonds. The SMILES string of the molecule is O=C(COc1ccc(S(=O)(=O)N2CCCc3ccccc32)cc1Cl)NCCC1=CCCCC1. The van der Waals surface area contributed by atoms with Gasteiger partial charge in [-0.1, -0.05) is 41.4 Å². The van der Waals surface area contributed by atoms with Crippen LogP contribution >= 0.6 is 11.6 Å². The van der Waals surface area contributed by atoms with Crippen molar-refractivity contribution in [1.82, 2.24) is 5.32 Å². The van der Waals surface area contributed by atoms with Crippen LogP contribution in [0, 0.1) is 0 Å².